The minimum absolute atomic E-state index is 0.589. The van der Waals surface area contributed by atoms with Crippen molar-refractivity contribution in [2.75, 3.05) is 17.7 Å². The topological polar surface area (TPSA) is 72.0 Å². The first kappa shape index (κ1) is 15.7. The first-order valence-corrected chi connectivity index (χ1v) is 7.66. The van der Waals surface area contributed by atoms with Gasteiger partial charge in [-0.1, -0.05) is 12.1 Å². The summed E-state index contributed by atoms with van der Waals surface area (Å²) in [7, 11) is 1.66. The number of nitrogens with one attached hydrogen (secondary N) is 2. The molecule has 122 valence electrons. The van der Waals surface area contributed by atoms with Crippen molar-refractivity contribution in [3.63, 3.8) is 0 Å². The molecule has 0 aliphatic carbocycles. The molecule has 2 N–H and O–H groups in total. The molecule has 1 aromatic carbocycles. The Hall–Kier alpha value is -3.15. The highest BCUT2D eigenvalue weighted by molar-refractivity contribution is 5.41. The van der Waals surface area contributed by atoms with Gasteiger partial charge in [0.15, 0.2) is 0 Å². The number of methoxy groups -OCH3 is 1. The summed E-state index contributed by atoms with van der Waals surface area (Å²) >= 11 is 0. The maximum atomic E-state index is 5.16. The molecule has 0 spiro atoms. The van der Waals surface area contributed by atoms with E-state index in [0.29, 0.717) is 19.0 Å². The molecule has 0 atom stereocenters. The lowest BCUT2D eigenvalue weighted by atomic mass is 10.2. The highest BCUT2D eigenvalue weighted by Gasteiger charge is 2.00. The second-order valence-electron chi connectivity index (χ2n) is 5.18. The second kappa shape index (κ2) is 7.92. The van der Waals surface area contributed by atoms with Gasteiger partial charge in [-0.2, -0.15) is 4.98 Å². The Morgan fingerprint density at radius 2 is 1.54 bits per heavy atom. The fourth-order valence-corrected chi connectivity index (χ4v) is 2.16. The van der Waals surface area contributed by atoms with E-state index < -0.39 is 0 Å². The summed E-state index contributed by atoms with van der Waals surface area (Å²) in [6, 6.07) is 13.7. The van der Waals surface area contributed by atoms with Crippen molar-refractivity contribution >= 4 is 11.8 Å². The monoisotopic (exact) mass is 321 g/mol. The fraction of sp³-hybridized carbons (Fsp3) is 0.167. The maximum Gasteiger partial charge on any atom is 0.224 e. The first-order valence-electron chi connectivity index (χ1n) is 7.66. The van der Waals surface area contributed by atoms with Gasteiger partial charge in [0.2, 0.25) is 5.95 Å². The molecule has 3 aromatic rings. The summed E-state index contributed by atoms with van der Waals surface area (Å²) in [6.45, 7) is 1.34. The molecule has 6 heteroatoms. The highest BCUT2D eigenvalue weighted by Crippen LogP contribution is 2.13. The third-order valence-electron chi connectivity index (χ3n) is 3.49. The van der Waals surface area contributed by atoms with E-state index in [-0.39, 0.29) is 0 Å². The summed E-state index contributed by atoms with van der Waals surface area (Å²) in [4.78, 5) is 12.7. The Balaban J connectivity index is 1.56. The van der Waals surface area contributed by atoms with Gasteiger partial charge in [0.25, 0.3) is 0 Å². The Labute approximate surface area is 141 Å². The molecule has 0 unspecified atom stereocenters. The number of pyridine rings is 1. The van der Waals surface area contributed by atoms with Crippen LogP contribution >= 0.6 is 0 Å². The number of benzene rings is 1. The minimum Gasteiger partial charge on any atom is -0.497 e. The van der Waals surface area contributed by atoms with E-state index in [4.69, 9.17) is 4.74 Å². The van der Waals surface area contributed by atoms with Crippen LogP contribution in [0.4, 0.5) is 11.8 Å². The highest BCUT2D eigenvalue weighted by atomic mass is 16.5. The summed E-state index contributed by atoms with van der Waals surface area (Å²) in [5.74, 6) is 2.22. The van der Waals surface area contributed by atoms with Crippen LogP contribution in [-0.2, 0) is 13.1 Å². The van der Waals surface area contributed by atoms with Gasteiger partial charge in [0.1, 0.15) is 11.6 Å². The number of hydrogen-bond donors (Lipinski definition) is 2. The van der Waals surface area contributed by atoms with Crippen LogP contribution in [0.2, 0.25) is 0 Å². The zero-order valence-corrected chi connectivity index (χ0v) is 13.4. The van der Waals surface area contributed by atoms with E-state index in [0.717, 1.165) is 22.7 Å². The Morgan fingerprint density at radius 1 is 0.833 bits per heavy atom. The fourth-order valence-electron chi connectivity index (χ4n) is 2.16. The zero-order valence-electron chi connectivity index (χ0n) is 13.4. The Bertz CT molecular complexity index is 762. The van der Waals surface area contributed by atoms with Gasteiger partial charge in [0, 0.05) is 31.7 Å². The molecule has 2 aromatic heterocycles. The lowest BCUT2D eigenvalue weighted by molar-refractivity contribution is 0.414. The number of ether oxygens (including phenoxy) is 1. The van der Waals surface area contributed by atoms with Crippen LogP contribution < -0.4 is 15.4 Å². The van der Waals surface area contributed by atoms with Crippen molar-refractivity contribution in [2.45, 2.75) is 13.1 Å². The standard InChI is InChI=1S/C18H19N5O/c1-24-16-4-2-14(3-5-16)12-21-17-8-11-20-18(23-17)22-13-15-6-9-19-10-7-15/h2-11H,12-13H2,1H3,(H2,20,21,22,23). The summed E-state index contributed by atoms with van der Waals surface area (Å²) in [5.41, 5.74) is 2.28. The van der Waals surface area contributed by atoms with Gasteiger partial charge >= 0.3 is 0 Å². The molecule has 3 rings (SSSR count). The molecular formula is C18H19N5O. The number of nitrogens with zero attached hydrogens (tertiary/aromatic N) is 3. The van der Waals surface area contributed by atoms with E-state index in [9.17, 15) is 0 Å². The van der Waals surface area contributed by atoms with Crippen molar-refractivity contribution < 1.29 is 4.74 Å². The Morgan fingerprint density at radius 3 is 2.29 bits per heavy atom. The predicted octanol–water partition coefficient (Wildman–Crippen LogP) is 3.10. The van der Waals surface area contributed by atoms with Crippen LogP contribution in [0, 0.1) is 0 Å². The third kappa shape index (κ3) is 4.42. The number of rotatable bonds is 7. The van der Waals surface area contributed by atoms with Gasteiger partial charge in [0.05, 0.1) is 7.11 Å². The van der Waals surface area contributed by atoms with Crippen molar-refractivity contribution in [2.24, 2.45) is 0 Å². The summed E-state index contributed by atoms with van der Waals surface area (Å²) < 4.78 is 5.16. The van der Waals surface area contributed by atoms with Crippen LogP contribution in [-0.4, -0.2) is 22.1 Å². The van der Waals surface area contributed by atoms with Crippen LogP contribution in [0.3, 0.4) is 0 Å². The lowest BCUT2D eigenvalue weighted by Gasteiger charge is -2.09. The number of hydrogen-bond acceptors (Lipinski definition) is 6. The van der Waals surface area contributed by atoms with Gasteiger partial charge in [-0.3, -0.25) is 4.98 Å². The smallest absolute Gasteiger partial charge is 0.224 e. The first-order chi connectivity index (χ1) is 11.8. The Kier molecular flexibility index (Phi) is 5.19. The normalized spacial score (nSPS) is 10.2. The molecule has 0 bridgehead atoms. The van der Waals surface area contributed by atoms with Crippen LogP contribution in [0.15, 0.2) is 61.1 Å². The summed E-state index contributed by atoms with van der Waals surface area (Å²) in [6.07, 6.45) is 5.27. The molecule has 0 fully saturated rings. The van der Waals surface area contributed by atoms with Crippen molar-refractivity contribution in [3.8, 4) is 5.75 Å². The van der Waals surface area contributed by atoms with E-state index in [1.54, 1.807) is 25.7 Å². The largest absolute Gasteiger partial charge is 0.497 e. The van der Waals surface area contributed by atoms with Crippen LogP contribution in [0.25, 0.3) is 0 Å². The van der Waals surface area contributed by atoms with Gasteiger partial charge in [-0.05, 0) is 41.5 Å². The average molecular weight is 321 g/mol. The SMILES string of the molecule is COc1ccc(CNc2ccnc(NCc3ccncc3)n2)cc1. The average Bonchev–Trinajstić information content (AvgIpc) is 2.66. The summed E-state index contributed by atoms with van der Waals surface area (Å²) in [5, 5.41) is 6.50. The molecule has 0 saturated heterocycles. The zero-order chi connectivity index (χ0) is 16.6. The minimum atomic E-state index is 0.589. The number of aromatic nitrogens is 3. The second-order valence-corrected chi connectivity index (χ2v) is 5.18. The molecule has 0 saturated carbocycles. The van der Waals surface area contributed by atoms with Crippen LogP contribution in [0.1, 0.15) is 11.1 Å². The van der Waals surface area contributed by atoms with Crippen molar-refractivity contribution in [1.29, 1.82) is 0 Å². The predicted molar refractivity (Wildman–Crippen MR) is 93.9 cm³/mol. The molecule has 0 amide bonds. The molecule has 24 heavy (non-hydrogen) atoms. The van der Waals surface area contributed by atoms with E-state index in [2.05, 4.69) is 25.6 Å². The molecule has 2 heterocycles. The van der Waals surface area contributed by atoms with E-state index in [1.807, 2.05) is 42.5 Å². The molecule has 6 nitrogen and oxygen atoms in total. The van der Waals surface area contributed by atoms with Crippen LogP contribution in [0.5, 0.6) is 5.75 Å². The quantitative estimate of drug-likeness (QED) is 0.697. The molecular weight excluding hydrogens is 302 g/mol. The van der Waals surface area contributed by atoms with Gasteiger partial charge < -0.3 is 15.4 Å². The van der Waals surface area contributed by atoms with E-state index in [1.165, 1.54) is 0 Å². The number of anilines is 2. The van der Waals surface area contributed by atoms with Crippen molar-refractivity contribution in [3.05, 3.63) is 72.2 Å². The molecule has 0 radical (unpaired) electrons. The van der Waals surface area contributed by atoms with Gasteiger partial charge in [-0.25, -0.2) is 4.98 Å². The van der Waals surface area contributed by atoms with E-state index >= 15 is 0 Å². The van der Waals surface area contributed by atoms with Gasteiger partial charge in [-0.15, -0.1) is 0 Å². The lowest BCUT2D eigenvalue weighted by Crippen LogP contribution is -2.06. The third-order valence-corrected chi connectivity index (χ3v) is 3.49. The molecule has 0 aliphatic rings. The molecule has 0 aliphatic heterocycles. The van der Waals surface area contributed by atoms with Crippen molar-refractivity contribution in [1.82, 2.24) is 15.0 Å². The maximum absolute atomic E-state index is 5.16.